The second-order valence-electron chi connectivity index (χ2n) is 3.76. The Kier molecular flexibility index (Phi) is 5.35. The van der Waals surface area contributed by atoms with E-state index in [1.54, 1.807) is 0 Å². The van der Waals surface area contributed by atoms with Crippen LogP contribution in [-0.2, 0) is 9.47 Å². The van der Waals surface area contributed by atoms with Gasteiger partial charge in [-0.2, -0.15) is 0 Å². The third-order valence-electron chi connectivity index (χ3n) is 2.21. The summed E-state index contributed by atoms with van der Waals surface area (Å²) in [5, 5.41) is 3.47. The van der Waals surface area contributed by atoms with Gasteiger partial charge >= 0.3 is 0 Å². The van der Waals surface area contributed by atoms with Crippen LogP contribution in [0.4, 0.5) is 0 Å². The largest absolute Gasteiger partial charge is 0.381 e. The Morgan fingerprint density at radius 3 is 2.69 bits per heavy atom. The van der Waals surface area contributed by atoms with Crippen LogP contribution in [0, 0.1) is 0 Å². The van der Waals surface area contributed by atoms with Gasteiger partial charge in [-0.25, -0.2) is 0 Å². The predicted molar refractivity (Wildman–Crippen MR) is 52.9 cm³/mol. The molecule has 1 N–H and O–H groups in total. The summed E-state index contributed by atoms with van der Waals surface area (Å²) in [6.45, 7) is 7.71. The second kappa shape index (κ2) is 6.35. The first-order chi connectivity index (χ1) is 6.29. The molecule has 3 nitrogen and oxygen atoms in total. The Morgan fingerprint density at radius 2 is 2.08 bits per heavy atom. The van der Waals surface area contributed by atoms with Gasteiger partial charge in [-0.1, -0.05) is 0 Å². The van der Waals surface area contributed by atoms with Crippen LogP contribution in [0.15, 0.2) is 0 Å². The van der Waals surface area contributed by atoms with Crippen LogP contribution < -0.4 is 5.32 Å². The molecule has 1 saturated heterocycles. The summed E-state index contributed by atoms with van der Waals surface area (Å²) in [6, 6.07) is 0.643. The first kappa shape index (κ1) is 11.0. The minimum absolute atomic E-state index is 0.344. The van der Waals surface area contributed by atoms with Crippen molar-refractivity contribution in [3.05, 3.63) is 0 Å². The average Bonchev–Trinajstić information content (AvgIpc) is 2.14. The van der Waals surface area contributed by atoms with Crippen molar-refractivity contribution >= 4 is 0 Å². The molecule has 0 unspecified atom stereocenters. The highest BCUT2D eigenvalue weighted by atomic mass is 16.5. The molecule has 0 radical (unpaired) electrons. The topological polar surface area (TPSA) is 30.5 Å². The third-order valence-corrected chi connectivity index (χ3v) is 2.21. The summed E-state index contributed by atoms with van der Waals surface area (Å²) in [7, 11) is 0. The van der Waals surface area contributed by atoms with Crippen LogP contribution in [-0.4, -0.2) is 38.5 Å². The average molecular weight is 187 g/mol. The molecule has 13 heavy (non-hydrogen) atoms. The highest BCUT2D eigenvalue weighted by Crippen LogP contribution is 2.05. The van der Waals surface area contributed by atoms with Crippen molar-refractivity contribution in [2.75, 3.05) is 26.4 Å². The highest BCUT2D eigenvalue weighted by Gasteiger charge is 2.11. The first-order valence-corrected chi connectivity index (χ1v) is 5.22. The fourth-order valence-electron chi connectivity index (χ4n) is 1.46. The number of nitrogens with one attached hydrogen (secondary N) is 1. The van der Waals surface area contributed by atoms with Crippen molar-refractivity contribution in [1.29, 1.82) is 0 Å². The van der Waals surface area contributed by atoms with E-state index in [0.29, 0.717) is 12.1 Å². The van der Waals surface area contributed by atoms with Crippen molar-refractivity contribution in [2.45, 2.75) is 38.8 Å². The molecule has 0 bridgehead atoms. The van der Waals surface area contributed by atoms with Crippen LogP contribution in [0.3, 0.4) is 0 Å². The molecule has 78 valence electrons. The van der Waals surface area contributed by atoms with E-state index in [1.165, 1.54) is 0 Å². The van der Waals surface area contributed by atoms with Gasteiger partial charge in [0.05, 0.1) is 12.7 Å². The maximum absolute atomic E-state index is 5.44. The molecule has 1 fully saturated rings. The lowest BCUT2D eigenvalue weighted by molar-refractivity contribution is 0.0616. The maximum atomic E-state index is 5.44. The van der Waals surface area contributed by atoms with Crippen molar-refractivity contribution in [1.82, 2.24) is 5.32 Å². The molecule has 1 heterocycles. The second-order valence-corrected chi connectivity index (χ2v) is 3.76. The Morgan fingerprint density at radius 1 is 1.38 bits per heavy atom. The van der Waals surface area contributed by atoms with E-state index in [9.17, 15) is 0 Å². The molecular formula is C10H21NO2. The summed E-state index contributed by atoms with van der Waals surface area (Å²) in [6.07, 6.45) is 2.63. The summed E-state index contributed by atoms with van der Waals surface area (Å²) in [5.74, 6) is 0. The lowest BCUT2D eigenvalue weighted by Gasteiger charge is -2.23. The third kappa shape index (κ3) is 5.24. The van der Waals surface area contributed by atoms with Crippen LogP contribution in [0.5, 0.6) is 0 Å². The fraction of sp³-hybridized carbons (Fsp3) is 1.00. The first-order valence-electron chi connectivity index (χ1n) is 5.22. The number of rotatable bonds is 5. The lowest BCUT2D eigenvalue weighted by Crippen LogP contribution is -2.36. The smallest absolute Gasteiger partial charge is 0.0594 e. The molecule has 0 amide bonds. The summed E-state index contributed by atoms with van der Waals surface area (Å²) in [4.78, 5) is 0. The molecule has 0 aromatic rings. The van der Waals surface area contributed by atoms with Crippen LogP contribution in [0.2, 0.25) is 0 Å². The molecule has 0 aromatic heterocycles. The molecule has 0 spiro atoms. The van der Waals surface area contributed by atoms with Crippen molar-refractivity contribution in [3.8, 4) is 0 Å². The molecule has 3 heteroatoms. The Balaban J connectivity index is 1.92. The van der Waals surface area contributed by atoms with E-state index in [0.717, 1.165) is 39.2 Å². The molecule has 0 saturated carbocycles. The zero-order valence-electron chi connectivity index (χ0n) is 8.71. The molecular weight excluding hydrogens is 166 g/mol. The molecule has 0 aromatic carbocycles. The maximum Gasteiger partial charge on any atom is 0.0594 e. The van der Waals surface area contributed by atoms with E-state index in [-0.39, 0.29) is 0 Å². The quantitative estimate of drug-likeness (QED) is 0.656. The van der Waals surface area contributed by atoms with Gasteiger partial charge in [0.15, 0.2) is 0 Å². The monoisotopic (exact) mass is 187 g/mol. The van der Waals surface area contributed by atoms with Crippen molar-refractivity contribution in [2.24, 2.45) is 0 Å². The zero-order valence-corrected chi connectivity index (χ0v) is 8.71. The van der Waals surface area contributed by atoms with Crippen LogP contribution >= 0.6 is 0 Å². The van der Waals surface area contributed by atoms with Gasteiger partial charge in [-0.05, 0) is 26.7 Å². The number of ether oxygens (including phenoxy) is 2. The lowest BCUT2D eigenvalue weighted by atomic mass is 10.1. The molecule has 0 aliphatic carbocycles. The van der Waals surface area contributed by atoms with E-state index in [1.807, 2.05) is 0 Å². The minimum atomic E-state index is 0.344. The number of hydrogen-bond acceptors (Lipinski definition) is 3. The predicted octanol–water partition coefficient (Wildman–Crippen LogP) is 1.18. The molecule has 1 aliphatic heterocycles. The van der Waals surface area contributed by atoms with Crippen LogP contribution in [0.25, 0.3) is 0 Å². The Bertz CT molecular complexity index is 122. The van der Waals surface area contributed by atoms with E-state index >= 15 is 0 Å². The van der Waals surface area contributed by atoms with Gasteiger partial charge in [0.1, 0.15) is 0 Å². The van der Waals surface area contributed by atoms with Crippen LogP contribution in [0.1, 0.15) is 26.7 Å². The SMILES string of the molecule is CC(C)OCCNC1CCOCC1. The van der Waals surface area contributed by atoms with Gasteiger partial charge in [-0.3, -0.25) is 0 Å². The fourth-order valence-corrected chi connectivity index (χ4v) is 1.46. The van der Waals surface area contributed by atoms with Crippen molar-refractivity contribution < 1.29 is 9.47 Å². The van der Waals surface area contributed by atoms with Gasteiger partial charge in [0.25, 0.3) is 0 Å². The summed E-state index contributed by atoms with van der Waals surface area (Å²) < 4.78 is 10.7. The zero-order chi connectivity index (χ0) is 9.52. The summed E-state index contributed by atoms with van der Waals surface area (Å²) >= 11 is 0. The Labute approximate surface area is 80.8 Å². The van der Waals surface area contributed by atoms with Crippen molar-refractivity contribution in [3.63, 3.8) is 0 Å². The summed E-state index contributed by atoms with van der Waals surface area (Å²) in [5.41, 5.74) is 0. The van der Waals surface area contributed by atoms with E-state index in [2.05, 4.69) is 19.2 Å². The van der Waals surface area contributed by atoms with Gasteiger partial charge in [-0.15, -0.1) is 0 Å². The molecule has 1 aliphatic rings. The molecule has 1 rings (SSSR count). The van der Waals surface area contributed by atoms with Gasteiger partial charge in [0.2, 0.25) is 0 Å². The van der Waals surface area contributed by atoms with E-state index < -0.39 is 0 Å². The normalized spacial score (nSPS) is 19.6. The van der Waals surface area contributed by atoms with Gasteiger partial charge < -0.3 is 14.8 Å². The van der Waals surface area contributed by atoms with Gasteiger partial charge in [0, 0.05) is 25.8 Å². The Hall–Kier alpha value is -0.120. The standard InChI is InChI=1S/C10H21NO2/c1-9(2)13-8-5-11-10-3-6-12-7-4-10/h9-11H,3-8H2,1-2H3. The molecule has 0 atom stereocenters. The van der Waals surface area contributed by atoms with E-state index in [4.69, 9.17) is 9.47 Å². The minimum Gasteiger partial charge on any atom is -0.381 e. The highest BCUT2D eigenvalue weighted by molar-refractivity contribution is 4.69. The number of hydrogen-bond donors (Lipinski definition) is 1.